The van der Waals surface area contributed by atoms with Crippen molar-refractivity contribution in [1.82, 2.24) is 25.1 Å². The van der Waals surface area contributed by atoms with E-state index in [4.69, 9.17) is 0 Å². The van der Waals surface area contributed by atoms with Crippen molar-refractivity contribution in [3.63, 3.8) is 0 Å². The minimum absolute atomic E-state index is 0.150. The van der Waals surface area contributed by atoms with Crippen LogP contribution < -0.4 is 5.32 Å². The lowest BCUT2D eigenvalue weighted by Crippen LogP contribution is -2.59. The van der Waals surface area contributed by atoms with Crippen molar-refractivity contribution < 1.29 is 23.2 Å². The number of hydrogen-bond donors (Lipinski definition) is 3. The molecule has 3 amide bonds. The maximum atomic E-state index is 14.1. The number of fused-ring (bicyclic) bond motifs is 4. The number of carbonyl (C=O) groups is 3. The molecule has 2 aliphatic heterocycles. The quantitative estimate of drug-likeness (QED) is 0.367. The molecule has 2 aliphatic rings. The second kappa shape index (κ2) is 8.93. The fraction of sp³-hybridized carbons (Fsp3) is 0.345. The van der Waals surface area contributed by atoms with Gasteiger partial charge in [-0.25, -0.2) is 8.78 Å². The van der Waals surface area contributed by atoms with Crippen LogP contribution in [0.15, 0.2) is 48.5 Å². The molecule has 0 radical (unpaired) electrons. The fourth-order valence-electron chi connectivity index (χ4n) is 5.82. The molecule has 10 heteroatoms. The maximum absolute atomic E-state index is 14.1. The van der Waals surface area contributed by atoms with Gasteiger partial charge in [0.25, 0.3) is 11.8 Å². The Hall–Kier alpha value is -4.21. The first-order chi connectivity index (χ1) is 18.5. The number of amides is 3. The zero-order chi connectivity index (χ0) is 27.6. The molecule has 4 heterocycles. The second-order valence-corrected chi connectivity index (χ2v) is 11.6. The summed E-state index contributed by atoms with van der Waals surface area (Å²) in [5.74, 6) is -1.72. The average molecular weight is 534 g/mol. The molecule has 6 rings (SSSR count). The summed E-state index contributed by atoms with van der Waals surface area (Å²) in [6, 6.07) is 11.1. The zero-order valence-corrected chi connectivity index (χ0v) is 21.8. The summed E-state index contributed by atoms with van der Waals surface area (Å²) < 4.78 is 27.7. The summed E-state index contributed by atoms with van der Waals surface area (Å²) in [6.45, 7) is 6.38. The molecule has 4 aromatic rings. The highest BCUT2D eigenvalue weighted by molar-refractivity contribution is 6.01. The van der Waals surface area contributed by atoms with Crippen molar-refractivity contribution in [3.8, 4) is 0 Å². The minimum Gasteiger partial charge on any atom is -0.350 e. The van der Waals surface area contributed by atoms with Crippen molar-refractivity contribution in [3.05, 3.63) is 71.6 Å². The predicted molar refractivity (Wildman–Crippen MR) is 142 cm³/mol. The number of halogens is 2. The lowest BCUT2D eigenvalue weighted by atomic mass is 9.85. The molecule has 2 aromatic carbocycles. The van der Waals surface area contributed by atoms with E-state index in [1.54, 1.807) is 40.1 Å². The van der Waals surface area contributed by atoms with Gasteiger partial charge in [0.05, 0.1) is 17.6 Å². The Morgan fingerprint density at radius 3 is 2.33 bits per heavy atom. The average Bonchev–Trinajstić information content (AvgIpc) is 3.67. The van der Waals surface area contributed by atoms with Gasteiger partial charge in [0.1, 0.15) is 29.1 Å². The van der Waals surface area contributed by atoms with Gasteiger partial charge in [0.2, 0.25) is 5.91 Å². The Labute approximate surface area is 223 Å². The number of hydrogen-bond acceptors (Lipinski definition) is 3. The van der Waals surface area contributed by atoms with Crippen LogP contribution >= 0.6 is 0 Å². The lowest BCUT2D eigenvalue weighted by molar-refractivity contribution is -0.138. The molecule has 2 aromatic heterocycles. The molecule has 202 valence electrons. The number of piperazine rings is 1. The molecule has 2 saturated heterocycles. The van der Waals surface area contributed by atoms with Crippen LogP contribution in [0.5, 0.6) is 0 Å². The van der Waals surface area contributed by atoms with E-state index in [2.05, 4.69) is 15.3 Å². The number of aromatic nitrogens is 2. The van der Waals surface area contributed by atoms with Crippen LogP contribution in [0.3, 0.4) is 0 Å². The summed E-state index contributed by atoms with van der Waals surface area (Å²) >= 11 is 0. The largest absolute Gasteiger partial charge is 0.350 e. The normalized spacial score (nSPS) is 19.7. The van der Waals surface area contributed by atoms with Crippen LogP contribution in [-0.4, -0.2) is 68.7 Å². The van der Waals surface area contributed by atoms with Crippen molar-refractivity contribution in [2.24, 2.45) is 5.41 Å². The maximum Gasteiger partial charge on any atom is 0.270 e. The Kier molecular flexibility index (Phi) is 5.74. The Bertz CT molecular complexity index is 1630. The topological polar surface area (TPSA) is 101 Å². The van der Waals surface area contributed by atoms with Crippen LogP contribution in [0.2, 0.25) is 0 Å². The van der Waals surface area contributed by atoms with Gasteiger partial charge in [-0.2, -0.15) is 0 Å². The minimum atomic E-state index is -0.826. The second-order valence-electron chi connectivity index (χ2n) is 11.6. The van der Waals surface area contributed by atoms with Gasteiger partial charge in [-0.1, -0.05) is 32.9 Å². The molecule has 3 atom stereocenters. The third kappa shape index (κ3) is 4.33. The third-order valence-corrected chi connectivity index (χ3v) is 7.84. The Balaban J connectivity index is 1.17. The van der Waals surface area contributed by atoms with E-state index in [9.17, 15) is 23.2 Å². The van der Waals surface area contributed by atoms with Gasteiger partial charge >= 0.3 is 0 Å². The van der Waals surface area contributed by atoms with Crippen LogP contribution in [-0.2, 0) is 4.79 Å². The standard InChI is InChI=1S/C29H29F2N5O3/c1-29(2,3)25(34-26(37)22-10-16-5-4-6-20(31)24(16)33-22)28(39)36-14-18-12-19(36)13-35(18)27(38)23-9-15-7-8-17(30)11-21(15)32-23/h4-11,18-19,25,32-33H,12-14H2,1-3H3,(H,34,37)/t18-,19-,25+/m0/s1. The van der Waals surface area contributed by atoms with E-state index in [0.29, 0.717) is 36.1 Å². The summed E-state index contributed by atoms with van der Waals surface area (Å²) in [5, 5.41) is 4.19. The number of nitrogens with zero attached hydrogens (tertiary/aromatic N) is 2. The van der Waals surface area contributed by atoms with Crippen LogP contribution in [0, 0.1) is 17.0 Å². The van der Waals surface area contributed by atoms with Crippen molar-refractivity contribution in [2.75, 3.05) is 13.1 Å². The molecule has 0 unspecified atom stereocenters. The number of benzene rings is 2. The molecular formula is C29H29F2N5O3. The molecule has 39 heavy (non-hydrogen) atoms. The van der Waals surface area contributed by atoms with Crippen molar-refractivity contribution in [2.45, 2.75) is 45.3 Å². The smallest absolute Gasteiger partial charge is 0.270 e. The first-order valence-corrected chi connectivity index (χ1v) is 13.0. The van der Waals surface area contributed by atoms with Gasteiger partial charge in [-0.3, -0.25) is 14.4 Å². The summed E-state index contributed by atoms with van der Waals surface area (Å²) in [5.41, 5.74) is 0.760. The van der Waals surface area contributed by atoms with Gasteiger partial charge in [-0.15, -0.1) is 0 Å². The van der Waals surface area contributed by atoms with Gasteiger partial charge < -0.3 is 25.1 Å². The molecule has 3 N–H and O–H groups in total. The highest BCUT2D eigenvalue weighted by atomic mass is 19.1. The number of carbonyl (C=O) groups excluding carboxylic acids is 3. The first kappa shape index (κ1) is 25.1. The molecular weight excluding hydrogens is 504 g/mol. The number of aromatic amines is 2. The van der Waals surface area contributed by atoms with E-state index < -0.39 is 23.2 Å². The molecule has 8 nitrogen and oxygen atoms in total. The van der Waals surface area contributed by atoms with E-state index in [-0.39, 0.29) is 40.9 Å². The number of nitrogens with one attached hydrogen (secondary N) is 3. The van der Waals surface area contributed by atoms with Gasteiger partial charge in [0, 0.05) is 29.4 Å². The highest BCUT2D eigenvalue weighted by Gasteiger charge is 2.50. The van der Waals surface area contributed by atoms with Gasteiger partial charge in [-0.05, 0) is 48.2 Å². The number of para-hydroxylation sites is 1. The fourth-order valence-corrected chi connectivity index (χ4v) is 5.82. The van der Waals surface area contributed by atoms with Gasteiger partial charge in [0.15, 0.2) is 0 Å². The number of rotatable bonds is 4. The van der Waals surface area contributed by atoms with E-state index in [1.165, 1.54) is 18.2 Å². The van der Waals surface area contributed by atoms with Crippen LogP contribution in [0.1, 0.15) is 48.2 Å². The monoisotopic (exact) mass is 533 g/mol. The summed E-state index contributed by atoms with van der Waals surface area (Å²) in [7, 11) is 0. The third-order valence-electron chi connectivity index (χ3n) is 7.84. The molecule has 2 fully saturated rings. The SMILES string of the molecule is CC(C)(C)[C@H](NC(=O)c1cc2cccc(F)c2[nH]1)C(=O)N1C[C@@H]2C[C@H]1CN2C(=O)c1cc2ccc(F)cc2[nH]1. The van der Waals surface area contributed by atoms with Crippen LogP contribution in [0.4, 0.5) is 8.78 Å². The molecule has 2 bridgehead atoms. The predicted octanol–water partition coefficient (Wildman–Crippen LogP) is 4.20. The highest BCUT2D eigenvalue weighted by Crippen LogP contribution is 2.34. The summed E-state index contributed by atoms with van der Waals surface area (Å²) in [6.07, 6.45) is 0.651. The first-order valence-electron chi connectivity index (χ1n) is 13.0. The lowest BCUT2D eigenvalue weighted by Gasteiger charge is -2.39. The molecule has 0 saturated carbocycles. The Morgan fingerprint density at radius 1 is 0.923 bits per heavy atom. The van der Waals surface area contributed by atoms with E-state index in [1.807, 2.05) is 20.8 Å². The van der Waals surface area contributed by atoms with Crippen molar-refractivity contribution >= 4 is 39.5 Å². The molecule has 0 spiro atoms. The summed E-state index contributed by atoms with van der Waals surface area (Å²) in [4.78, 5) is 49.5. The number of H-pyrrole nitrogens is 2. The number of likely N-dealkylation sites (tertiary alicyclic amines) is 2. The molecule has 0 aliphatic carbocycles. The van der Waals surface area contributed by atoms with E-state index in [0.717, 1.165) is 5.39 Å². The van der Waals surface area contributed by atoms with E-state index >= 15 is 0 Å². The van der Waals surface area contributed by atoms with Crippen molar-refractivity contribution in [1.29, 1.82) is 0 Å². The Morgan fingerprint density at radius 2 is 1.64 bits per heavy atom. The zero-order valence-electron chi connectivity index (χ0n) is 21.8. The van der Waals surface area contributed by atoms with Crippen LogP contribution in [0.25, 0.3) is 21.8 Å².